The summed E-state index contributed by atoms with van der Waals surface area (Å²) in [7, 11) is 2.14. The summed E-state index contributed by atoms with van der Waals surface area (Å²) < 4.78 is 12.2. The fourth-order valence-electron chi connectivity index (χ4n) is 7.66. The van der Waals surface area contributed by atoms with Crippen LogP contribution in [-0.2, 0) is 17.7 Å². The Labute approximate surface area is 281 Å². The van der Waals surface area contributed by atoms with Crippen molar-refractivity contribution in [3.05, 3.63) is 64.3 Å². The monoisotopic (exact) mass is 655 g/mol. The van der Waals surface area contributed by atoms with Gasteiger partial charge in [-0.2, -0.15) is 15.2 Å². The van der Waals surface area contributed by atoms with Gasteiger partial charge in [0.05, 0.1) is 35.4 Å². The number of amides is 1. The number of allylic oxidation sites excluding steroid dienone is 1. The van der Waals surface area contributed by atoms with Crippen LogP contribution in [0, 0.1) is 11.3 Å². The van der Waals surface area contributed by atoms with Gasteiger partial charge in [-0.3, -0.25) is 4.90 Å². The van der Waals surface area contributed by atoms with Gasteiger partial charge < -0.3 is 24.2 Å². The number of aromatic nitrogens is 2. The van der Waals surface area contributed by atoms with Gasteiger partial charge in [-0.1, -0.05) is 35.9 Å². The minimum absolute atomic E-state index is 0.136. The molecule has 0 saturated carbocycles. The molecule has 0 unspecified atom stereocenters. The molecule has 246 valence electrons. The Balaban J connectivity index is 1.23. The summed E-state index contributed by atoms with van der Waals surface area (Å²) in [6.07, 6.45) is 4.89. The summed E-state index contributed by atoms with van der Waals surface area (Å²) in [6, 6.07) is 14.8. The molecule has 47 heavy (non-hydrogen) atoms. The maximum Gasteiger partial charge on any atom is 0.411 e. The molecule has 3 aromatic rings. The fraction of sp³-hybridized carbons (Fsp3) is 0.500. The van der Waals surface area contributed by atoms with E-state index in [0.29, 0.717) is 44.7 Å². The van der Waals surface area contributed by atoms with E-state index >= 15 is 0 Å². The summed E-state index contributed by atoms with van der Waals surface area (Å²) in [6.45, 7) is 9.70. The largest absolute Gasteiger partial charge is 0.462 e. The zero-order chi connectivity index (χ0) is 32.9. The molecule has 11 heteroatoms. The van der Waals surface area contributed by atoms with E-state index in [9.17, 15) is 10.1 Å². The molecular formula is C36H42ClN7O3. The van der Waals surface area contributed by atoms with Gasteiger partial charge in [0.25, 0.3) is 0 Å². The molecule has 7 rings (SSSR count). The normalized spacial score (nSPS) is 23.7. The Kier molecular flexibility index (Phi) is 8.39. The highest BCUT2D eigenvalue weighted by Gasteiger charge is 2.48. The van der Waals surface area contributed by atoms with Crippen LogP contribution in [0.2, 0.25) is 5.02 Å². The van der Waals surface area contributed by atoms with E-state index in [1.807, 2.05) is 37.8 Å². The van der Waals surface area contributed by atoms with Crippen molar-refractivity contribution in [2.45, 2.75) is 76.7 Å². The minimum atomic E-state index is -0.613. The predicted octanol–water partition coefficient (Wildman–Crippen LogP) is 5.97. The second kappa shape index (κ2) is 12.5. The van der Waals surface area contributed by atoms with Crippen molar-refractivity contribution in [3.8, 4) is 12.1 Å². The molecule has 4 aliphatic heterocycles. The second-order valence-corrected chi connectivity index (χ2v) is 14.6. The van der Waals surface area contributed by atoms with Crippen molar-refractivity contribution in [1.29, 1.82) is 5.26 Å². The van der Waals surface area contributed by atoms with Gasteiger partial charge in [0.1, 0.15) is 18.0 Å². The van der Waals surface area contributed by atoms with Gasteiger partial charge >= 0.3 is 12.1 Å². The lowest BCUT2D eigenvalue weighted by Crippen LogP contribution is -2.57. The molecule has 4 aliphatic rings. The highest BCUT2D eigenvalue weighted by molar-refractivity contribution is 6.36. The van der Waals surface area contributed by atoms with Crippen LogP contribution in [0.25, 0.3) is 10.8 Å². The van der Waals surface area contributed by atoms with Gasteiger partial charge in [-0.05, 0) is 83.1 Å². The van der Waals surface area contributed by atoms with Crippen LogP contribution < -0.4 is 14.5 Å². The molecule has 10 nitrogen and oxygen atoms in total. The highest BCUT2D eigenvalue weighted by Crippen LogP contribution is 2.41. The average molecular weight is 656 g/mol. The number of carbonyl (C=O) groups excluding carboxylic acids is 1. The number of likely N-dealkylation sites (tertiary alicyclic amines) is 1. The maximum absolute atomic E-state index is 13.4. The standard InChI is InChI=1S/C36H42ClN7O3/c1-36(2,3)47-35(45)44-26-18-24(13-15-38)31(44)21-43(19-26)33-27-14-17-42(30-12-6-9-23-8-5-11-28(37)32(23)30)20-29(27)39-34(40-33)46-22-25-10-7-16-41(25)4/h5-6,8-9,11-13,25-26,31H,7,10,14,16-22H2,1-4H3/t25-,26+,31+/m0/s1. The summed E-state index contributed by atoms with van der Waals surface area (Å²) in [4.78, 5) is 32.3. The molecule has 3 fully saturated rings. The molecule has 1 aromatic heterocycles. The van der Waals surface area contributed by atoms with Crippen LogP contribution in [0.4, 0.5) is 16.3 Å². The van der Waals surface area contributed by atoms with Gasteiger partial charge in [0.2, 0.25) is 0 Å². The number of benzene rings is 2. The fourth-order valence-corrected chi connectivity index (χ4v) is 7.94. The van der Waals surface area contributed by atoms with E-state index in [0.717, 1.165) is 76.5 Å². The highest BCUT2D eigenvalue weighted by atomic mass is 35.5. The Bertz CT molecular complexity index is 1760. The number of nitrogens with zero attached hydrogens (tertiary/aromatic N) is 7. The second-order valence-electron chi connectivity index (χ2n) is 14.1. The molecule has 0 spiro atoms. The first-order valence-corrected chi connectivity index (χ1v) is 17.0. The number of hydrogen-bond donors (Lipinski definition) is 0. The van der Waals surface area contributed by atoms with Gasteiger partial charge in [0, 0.05) is 48.4 Å². The van der Waals surface area contributed by atoms with Crippen molar-refractivity contribution in [1.82, 2.24) is 19.8 Å². The zero-order valence-corrected chi connectivity index (χ0v) is 28.3. The Morgan fingerprint density at radius 3 is 2.68 bits per heavy atom. The molecule has 0 aliphatic carbocycles. The van der Waals surface area contributed by atoms with Crippen LogP contribution in [0.15, 0.2) is 48.0 Å². The van der Waals surface area contributed by atoms with E-state index in [2.05, 4.69) is 52.1 Å². The quantitative estimate of drug-likeness (QED) is 0.308. The molecule has 0 N–H and O–H groups in total. The van der Waals surface area contributed by atoms with Gasteiger partial charge in [-0.15, -0.1) is 0 Å². The van der Waals surface area contributed by atoms with E-state index in [1.54, 1.807) is 6.08 Å². The summed E-state index contributed by atoms with van der Waals surface area (Å²) in [5.74, 6) is 0.859. The number of rotatable bonds is 5. The third-order valence-electron chi connectivity index (χ3n) is 9.88. The Morgan fingerprint density at radius 2 is 1.94 bits per heavy atom. The third-order valence-corrected chi connectivity index (χ3v) is 10.2. The maximum atomic E-state index is 13.4. The molecule has 5 heterocycles. The first-order chi connectivity index (χ1) is 22.6. The first kappa shape index (κ1) is 31.5. The molecular weight excluding hydrogens is 614 g/mol. The smallest absolute Gasteiger partial charge is 0.411 e. The zero-order valence-electron chi connectivity index (χ0n) is 27.6. The van der Waals surface area contributed by atoms with Crippen LogP contribution in [0.1, 0.15) is 51.3 Å². The lowest BCUT2D eigenvalue weighted by Gasteiger charge is -2.42. The lowest BCUT2D eigenvalue weighted by molar-refractivity contribution is 0.0134. The summed E-state index contributed by atoms with van der Waals surface area (Å²) in [5, 5.41) is 12.5. The minimum Gasteiger partial charge on any atom is -0.462 e. The number of hydrogen-bond acceptors (Lipinski definition) is 9. The van der Waals surface area contributed by atoms with Crippen molar-refractivity contribution in [2.24, 2.45) is 0 Å². The Morgan fingerprint density at radius 1 is 1.13 bits per heavy atom. The molecule has 3 saturated heterocycles. The number of fused-ring (bicyclic) bond motifs is 4. The first-order valence-electron chi connectivity index (χ1n) is 16.6. The number of carbonyl (C=O) groups is 1. The number of ether oxygens (including phenoxy) is 2. The Hall–Kier alpha value is -4.07. The molecule has 0 radical (unpaired) electrons. The third kappa shape index (κ3) is 6.19. The lowest BCUT2D eigenvalue weighted by atomic mass is 10.0. The topological polar surface area (TPSA) is 98.1 Å². The van der Waals surface area contributed by atoms with Gasteiger partial charge in [0.15, 0.2) is 0 Å². The van der Waals surface area contributed by atoms with Gasteiger partial charge in [-0.25, -0.2) is 4.79 Å². The number of anilines is 2. The number of likely N-dealkylation sites (N-methyl/N-ethyl adjacent to an activating group) is 1. The molecule has 1 amide bonds. The SMILES string of the molecule is CN1CCC[C@H]1COc1nc2c(c(N3C[C@H]4CC(=CC#N)[C@@H](C3)N4C(=O)OC(C)(C)C)n1)CCN(c1cccc3cccc(Cl)c13)C2. The summed E-state index contributed by atoms with van der Waals surface area (Å²) in [5.41, 5.74) is 3.47. The van der Waals surface area contributed by atoms with E-state index in [-0.39, 0.29) is 18.2 Å². The molecule has 2 bridgehead atoms. The number of piperazine rings is 1. The average Bonchev–Trinajstić information content (AvgIpc) is 3.55. The van der Waals surface area contributed by atoms with Crippen LogP contribution in [0.5, 0.6) is 6.01 Å². The number of nitriles is 1. The molecule has 2 aromatic carbocycles. The van der Waals surface area contributed by atoms with E-state index < -0.39 is 5.60 Å². The van der Waals surface area contributed by atoms with Crippen LogP contribution >= 0.6 is 11.6 Å². The van der Waals surface area contributed by atoms with Crippen molar-refractivity contribution in [3.63, 3.8) is 0 Å². The van der Waals surface area contributed by atoms with Crippen LogP contribution in [-0.4, -0.2) is 89.4 Å². The van der Waals surface area contributed by atoms with Crippen molar-refractivity contribution >= 4 is 40.0 Å². The predicted molar refractivity (Wildman–Crippen MR) is 183 cm³/mol. The van der Waals surface area contributed by atoms with Crippen molar-refractivity contribution < 1.29 is 14.3 Å². The van der Waals surface area contributed by atoms with Crippen LogP contribution in [0.3, 0.4) is 0 Å². The number of halogens is 1. The molecule has 3 atom stereocenters. The van der Waals surface area contributed by atoms with Crippen molar-refractivity contribution in [2.75, 3.05) is 49.6 Å². The van der Waals surface area contributed by atoms with E-state index in [4.69, 9.17) is 31.0 Å². The summed E-state index contributed by atoms with van der Waals surface area (Å²) >= 11 is 6.74. The van der Waals surface area contributed by atoms with E-state index in [1.165, 1.54) is 0 Å².